The standard InChI is InChI=1S/C17H16ClN5O/c1-19-17-21-8-11(9-22-17)6-14-16(24-2)20-10-15(23-14)12-4-3-5-13(18)7-12/h3-5,7-10H,6H2,1-2H3,(H,19,21,22). The zero-order chi connectivity index (χ0) is 16.9. The second-order valence-corrected chi connectivity index (χ2v) is 5.50. The summed E-state index contributed by atoms with van der Waals surface area (Å²) in [5, 5.41) is 3.54. The SMILES string of the molecule is CNc1ncc(Cc2nc(-c3cccc(Cl)c3)cnc2OC)cn1. The lowest BCUT2D eigenvalue weighted by Gasteiger charge is -2.09. The van der Waals surface area contributed by atoms with Crippen molar-refractivity contribution in [1.82, 2.24) is 19.9 Å². The van der Waals surface area contributed by atoms with Crippen molar-refractivity contribution in [2.75, 3.05) is 19.5 Å². The number of benzene rings is 1. The van der Waals surface area contributed by atoms with E-state index in [0.29, 0.717) is 23.3 Å². The summed E-state index contributed by atoms with van der Waals surface area (Å²) in [6.07, 6.45) is 5.71. The van der Waals surface area contributed by atoms with E-state index in [1.165, 1.54) is 0 Å². The van der Waals surface area contributed by atoms with Gasteiger partial charge in [-0.05, 0) is 17.7 Å². The van der Waals surface area contributed by atoms with E-state index in [0.717, 1.165) is 22.5 Å². The predicted molar refractivity (Wildman–Crippen MR) is 93.4 cm³/mol. The van der Waals surface area contributed by atoms with Crippen LogP contribution in [0.1, 0.15) is 11.3 Å². The summed E-state index contributed by atoms with van der Waals surface area (Å²) < 4.78 is 5.32. The molecule has 122 valence electrons. The van der Waals surface area contributed by atoms with Crippen LogP contribution in [0.4, 0.5) is 5.95 Å². The van der Waals surface area contributed by atoms with E-state index in [4.69, 9.17) is 16.3 Å². The smallest absolute Gasteiger partial charge is 0.235 e. The summed E-state index contributed by atoms with van der Waals surface area (Å²) in [6, 6.07) is 7.50. The zero-order valence-corrected chi connectivity index (χ0v) is 14.1. The number of nitrogens with zero attached hydrogens (tertiary/aromatic N) is 4. The number of halogens is 1. The van der Waals surface area contributed by atoms with Crippen LogP contribution in [0.2, 0.25) is 5.02 Å². The van der Waals surface area contributed by atoms with Crippen molar-refractivity contribution in [3.8, 4) is 17.1 Å². The summed E-state index contributed by atoms with van der Waals surface area (Å²) >= 11 is 6.06. The number of methoxy groups -OCH3 is 1. The second-order valence-electron chi connectivity index (χ2n) is 5.06. The van der Waals surface area contributed by atoms with E-state index in [1.54, 1.807) is 32.7 Å². The highest BCUT2D eigenvalue weighted by Gasteiger charge is 2.11. The molecule has 0 atom stereocenters. The molecular weight excluding hydrogens is 326 g/mol. The fourth-order valence-corrected chi connectivity index (χ4v) is 2.45. The van der Waals surface area contributed by atoms with Gasteiger partial charge in [-0.15, -0.1) is 0 Å². The summed E-state index contributed by atoms with van der Waals surface area (Å²) in [6.45, 7) is 0. The number of hydrogen-bond donors (Lipinski definition) is 1. The van der Waals surface area contributed by atoms with Gasteiger partial charge in [0.2, 0.25) is 11.8 Å². The monoisotopic (exact) mass is 341 g/mol. The van der Waals surface area contributed by atoms with Gasteiger partial charge in [-0.2, -0.15) is 0 Å². The Kier molecular flexibility index (Phi) is 4.86. The van der Waals surface area contributed by atoms with Crippen molar-refractivity contribution in [2.45, 2.75) is 6.42 Å². The molecule has 0 saturated carbocycles. The Labute approximate surface area is 144 Å². The minimum absolute atomic E-state index is 0.485. The van der Waals surface area contributed by atoms with E-state index in [9.17, 15) is 0 Å². The second kappa shape index (κ2) is 7.23. The normalized spacial score (nSPS) is 10.5. The molecule has 3 rings (SSSR count). The lowest BCUT2D eigenvalue weighted by molar-refractivity contribution is 0.390. The van der Waals surface area contributed by atoms with Crippen LogP contribution in [-0.4, -0.2) is 34.1 Å². The summed E-state index contributed by atoms with van der Waals surface area (Å²) in [5.74, 6) is 1.06. The molecular formula is C17H16ClN5O. The predicted octanol–water partition coefficient (Wildman–Crippen LogP) is 3.23. The Morgan fingerprint density at radius 3 is 2.58 bits per heavy atom. The van der Waals surface area contributed by atoms with Gasteiger partial charge in [0.05, 0.1) is 19.0 Å². The Balaban J connectivity index is 1.94. The van der Waals surface area contributed by atoms with Gasteiger partial charge in [0.25, 0.3) is 0 Å². The first-order valence-electron chi connectivity index (χ1n) is 7.34. The maximum Gasteiger partial charge on any atom is 0.235 e. The van der Waals surface area contributed by atoms with Crippen LogP contribution in [0.5, 0.6) is 5.88 Å². The third-order valence-corrected chi connectivity index (χ3v) is 3.66. The Morgan fingerprint density at radius 2 is 1.92 bits per heavy atom. The molecule has 7 heteroatoms. The molecule has 2 aromatic heterocycles. The summed E-state index contributed by atoms with van der Waals surface area (Å²) in [4.78, 5) is 17.5. The Bertz CT molecular complexity index is 839. The van der Waals surface area contributed by atoms with Gasteiger partial charge in [0, 0.05) is 36.4 Å². The van der Waals surface area contributed by atoms with Gasteiger partial charge in [-0.25, -0.2) is 19.9 Å². The van der Waals surface area contributed by atoms with Crippen molar-refractivity contribution < 1.29 is 4.74 Å². The zero-order valence-electron chi connectivity index (χ0n) is 13.3. The van der Waals surface area contributed by atoms with Gasteiger partial charge in [0.1, 0.15) is 5.69 Å². The number of nitrogens with one attached hydrogen (secondary N) is 1. The van der Waals surface area contributed by atoms with Crippen LogP contribution in [0.3, 0.4) is 0 Å². The minimum Gasteiger partial charge on any atom is -0.480 e. The molecule has 24 heavy (non-hydrogen) atoms. The third-order valence-electron chi connectivity index (χ3n) is 3.42. The van der Waals surface area contributed by atoms with Gasteiger partial charge in [-0.3, -0.25) is 0 Å². The first-order chi connectivity index (χ1) is 11.7. The van der Waals surface area contributed by atoms with Gasteiger partial charge in [-0.1, -0.05) is 23.7 Å². The maximum absolute atomic E-state index is 6.06. The molecule has 0 aliphatic heterocycles. The van der Waals surface area contributed by atoms with Crippen molar-refractivity contribution in [3.63, 3.8) is 0 Å². The van der Waals surface area contributed by atoms with Crippen molar-refractivity contribution in [1.29, 1.82) is 0 Å². The largest absolute Gasteiger partial charge is 0.480 e. The number of ether oxygens (including phenoxy) is 1. The van der Waals surface area contributed by atoms with Gasteiger partial charge in [0.15, 0.2) is 0 Å². The Hall–Kier alpha value is -2.73. The minimum atomic E-state index is 0.485. The average molecular weight is 342 g/mol. The van der Waals surface area contributed by atoms with Gasteiger partial charge < -0.3 is 10.1 Å². The maximum atomic E-state index is 6.06. The van der Waals surface area contributed by atoms with Crippen LogP contribution in [0.25, 0.3) is 11.3 Å². The summed E-state index contributed by atoms with van der Waals surface area (Å²) in [7, 11) is 3.35. The molecule has 0 aliphatic rings. The number of rotatable bonds is 5. The van der Waals surface area contributed by atoms with Crippen LogP contribution in [-0.2, 0) is 6.42 Å². The molecule has 2 heterocycles. The van der Waals surface area contributed by atoms with E-state index >= 15 is 0 Å². The molecule has 0 fully saturated rings. The third kappa shape index (κ3) is 3.60. The molecule has 0 unspecified atom stereocenters. The molecule has 0 radical (unpaired) electrons. The molecule has 3 aromatic rings. The highest BCUT2D eigenvalue weighted by Crippen LogP contribution is 2.24. The van der Waals surface area contributed by atoms with Crippen LogP contribution in [0.15, 0.2) is 42.9 Å². The van der Waals surface area contributed by atoms with Crippen LogP contribution in [0, 0.1) is 0 Å². The number of hydrogen-bond acceptors (Lipinski definition) is 6. The van der Waals surface area contributed by atoms with E-state index in [2.05, 4.69) is 25.3 Å². The average Bonchev–Trinajstić information content (AvgIpc) is 2.62. The van der Waals surface area contributed by atoms with Crippen LogP contribution >= 0.6 is 11.6 Å². The molecule has 0 aliphatic carbocycles. The molecule has 0 amide bonds. The van der Waals surface area contributed by atoms with Crippen molar-refractivity contribution in [2.24, 2.45) is 0 Å². The van der Waals surface area contributed by atoms with E-state index in [-0.39, 0.29) is 0 Å². The highest BCUT2D eigenvalue weighted by atomic mass is 35.5. The molecule has 0 saturated heterocycles. The topological polar surface area (TPSA) is 72.8 Å². The highest BCUT2D eigenvalue weighted by molar-refractivity contribution is 6.30. The molecule has 1 N–H and O–H groups in total. The van der Waals surface area contributed by atoms with E-state index < -0.39 is 0 Å². The van der Waals surface area contributed by atoms with Crippen molar-refractivity contribution >= 4 is 17.5 Å². The lowest BCUT2D eigenvalue weighted by atomic mass is 10.1. The lowest BCUT2D eigenvalue weighted by Crippen LogP contribution is -2.03. The van der Waals surface area contributed by atoms with Gasteiger partial charge >= 0.3 is 0 Å². The summed E-state index contributed by atoms with van der Waals surface area (Å²) in [5.41, 5.74) is 3.28. The first kappa shape index (κ1) is 16.1. The van der Waals surface area contributed by atoms with Crippen LogP contribution < -0.4 is 10.1 Å². The molecule has 0 spiro atoms. The molecule has 6 nitrogen and oxygen atoms in total. The fraction of sp³-hybridized carbons (Fsp3) is 0.176. The fourth-order valence-electron chi connectivity index (χ4n) is 2.26. The molecule has 1 aromatic carbocycles. The quantitative estimate of drug-likeness (QED) is 0.768. The Morgan fingerprint density at radius 1 is 1.12 bits per heavy atom. The number of aromatic nitrogens is 4. The number of anilines is 1. The van der Waals surface area contributed by atoms with E-state index in [1.807, 2.05) is 24.3 Å². The molecule has 0 bridgehead atoms. The van der Waals surface area contributed by atoms with Crippen molar-refractivity contribution in [3.05, 3.63) is 59.1 Å². The first-order valence-corrected chi connectivity index (χ1v) is 7.72.